The maximum absolute atomic E-state index is 9.16. The van der Waals surface area contributed by atoms with Gasteiger partial charge in [-0.2, -0.15) is 0 Å². The molecular formula is C65H49N5O. The standard InChI is InChI=1S/C65H49N5O/c1-43(2)44(3)47-36-37-66-64(38-47)70-60-35-32-49(69-58-28-12-10-24-54(58)55-25-11-13-29-59(55)69)40-57(60)56-34-33-51(41-63(56)70)71-50-23-16-22-48(39-50)67-42-68(62-31-15-14-30-61(62)67)65-52(45-18-6-4-7-19-45)26-17-27-53(65)46-20-8-5-9-21-46/h4-41,43-44H,1-3H3/i10D,11D,12D,13D,24D,25D,28D,29D. The molecule has 340 valence electrons. The zero-order valence-corrected chi connectivity index (χ0v) is 39.1. The second-order valence-corrected chi connectivity index (χ2v) is 18.3. The van der Waals surface area contributed by atoms with E-state index in [4.69, 9.17) is 20.7 Å². The lowest BCUT2D eigenvalue weighted by molar-refractivity contribution is -0.571. The zero-order valence-electron chi connectivity index (χ0n) is 47.1. The van der Waals surface area contributed by atoms with Crippen LogP contribution in [0.3, 0.4) is 0 Å². The average molecular weight is 924 g/mol. The third-order valence-electron chi connectivity index (χ3n) is 13.8. The Morgan fingerprint density at radius 2 is 1.17 bits per heavy atom. The molecule has 4 aromatic heterocycles. The molecule has 0 saturated carbocycles. The third kappa shape index (κ3) is 7.18. The average Bonchev–Trinajstić information content (AvgIpc) is 3.23. The summed E-state index contributed by atoms with van der Waals surface area (Å²) in [5.74, 6) is 2.45. The van der Waals surface area contributed by atoms with E-state index in [2.05, 4.69) is 132 Å². The van der Waals surface area contributed by atoms with Gasteiger partial charge in [-0.1, -0.05) is 166 Å². The Morgan fingerprint density at radius 3 is 1.89 bits per heavy atom. The highest BCUT2D eigenvalue weighted by molar-refractivity contribution is 6.12. The molecule has 0 amide bonds. The van der Waals surface area contributed by atoms with E-state index in [1.807, 2.05) is 91.1 Å². The summed E-state index contributed by atoms with van der Waals surface area (Å²) in [5.41, 5.74) is 11.4. The molecule has 13 aromatic rings. The van der Waals surface area contributed by atoms with Crippen LogP contribution in [0, 0.1) is 12.2 Å². The number of benzene rings is 9. The van der Waals surface area contributed by atoms with E-state index < -0.39 is 24.2 Å². The van der Waals surface area contributed by atoms with Gasteiger partial charge in [0.2, 0.25) is 0 Å². The molecule has 0 aliphatic rings. The fourth-order valence-corrected chi connectivity index (χ4v) is 10.1. The molecular weight excluding hydrogens is 867 g/mol. The number of ether oxygens (including phenoxy) is 1. The van der Waals surface area contributed by atoms with Crippen LogP contribution in [0.15, 0.2) is 230 Å². The lowest BCUT2D eigenvalue weighted by Gasteiger charge is -2.17. The predicted molar refractivity (Wildman–Crippen MR) is 291 cm³/mol. The van der Waals surface area contributed by atoms with Gasteiger partial charge < -0.3 is 9.30 Å². The minimum absolute atomic E-state index is 0.0225. The second-order valence-electron chi connectivity index (χ2n) is 18.3. The fraction of sp³-hybridized carbons (Fsp3) is 0.0769. The molecule has 4 heterocycles. The van der Waals surface area contributed by atoms with Crippen molar-refractivity contribution in [3.63, 3.8) is 0 Å². The summed E-state index contributed by atoms with van der Waals surface area (Å²) in [6, 6.07) is 55.9. The Bertz CT molecular complexity index is 4490. The quantitative estimate of drug-likeness (QED) is 0.101. The van der Waals surface area contributed by atoms with Gasteiger partial charge in [-0.15, -0.1) is 0 Å². The van der Waals surface area contributed by atoms with E-state index in [1.54, 1.807) is 4.57 Å². The highest BCUT2D eigenvalue weighted by Crippen LogP contribution is 2.40. The van der Waals surface area contributed by atoms with Gasteiger partial charge in [-0.25, -0.2) is 4.98 Å². The van der Waals surface area contributed by atoms with E-state index in [0.717, 1.165) is 72.0 Å². The normalized spacial score (nSPS) is 13.8. The molecule has 6 heteroatoms. The molecule has 0 radical (unpaired) electrons. The number of hydrogen-bond donors (Lipinski definition) is 0. The summed E-state index contributed by atoms with van der Waals surface area (Å²) in [6.07, 6.45) is 5.59. The van der Waals surface area contributed by atoms with E-state index >= 15 is 0 Å². The number of aromatic nitrogens is 5. The van der Waals surface area contributed by atoms with Crippen molar-refractivity contribution in [2.75, 3.05) is 0 Å². The highest BCUT2D eigenvalue weighted by atomic mass is 16.5. The number of para-hydroxylation sites is 5. The third-order valence-corrected chi connectivity index (χ3v) is 13.8. The van der Waals surface area contributed by atoms with Gasteiger partial charge in [0, 0.05) is 39.5 Å². The maximum atomic E-state index is 9.16. The van der Waals surface area contributed by atoms with E-state index in [1.165, 1.54) is 0 Å². The van der Waals surface area contributed by atoms with Crippen LogP contribution in [0.25, 0.3) is 99.8 Å². The van der Waals surface area contributed by atoms with Gasteiger partial charge in [-0.3, -0.25) is 13.7 Å². The van der Waals surface area contributed by atoms with Crippen LogP contribution in [-0.4, -0.2) is 18.7 Å². The van der Waals surface area contributed by atoms with Gasteiger partial charge in [0.15, 0.2) is 0 Å². The molecule has 0 bridgehead atoms. The molecule has 71 heavy (non-hydrogen) atoms. The largest absolute Gasteiger partial charge is 0.458 e. The number of fused-ring (bicyclic) bond motifs is 7. The van der Waals surface area contributed by atoms with Crippen molar-refractivity contribution in [2.45, 2.75) is 26.7 Å². The number of pyridine rings is 1. The zero-order chi connectivity index (χ0) is 54.5. The summed E-state index contributed by atoms with van der Waals surface area (Å²) >= 11 is 0. The first-order valence-corrected chi connectivity index (χ1v) is 23.8. The Balaban J connectivity index is 0.970. The lowest BCUT2D eigenvalue weighted by Crippen LogP contribution is -2.31. The van der Waals surface area contributed by atoms with E-state index in [0.29, 0.717) is 28.9 Å². The predicted octanol–water partition coefficient (Wildman–Crippen LogP) is 16.2. The topological polar surface area (TPSA) is 40.8 Å². The lowest BCUT2D eigenvalue weighted by atomic mass is 9.91. The van der Waals surface area contributed by atoms with Gasteiger partial charge in [0.25, 0.3) is 6.33 Å². The fourth-order valence-electron chi connectivity index (χ4n) is 10.1. The van der Waals surface area contributed by atoms with Crippen molar-refractivity contribution in [3.8, 4) is 56.6 Å². The Morgan fingerprint density at radius 1 is 0.507 bits per heavy atom. The first-order valence-electron chi connectivity index (χ1n) is 27.8. The number of imidazole rings is 1. The van der Waals surface area contributed by atoms with Crippen molar-refractivity contribution in [3.05, 3.63) is 242 Å². The minimum atomic E-state index is -0.489. The van der Waals surface area contributed by atoms with Crippen molar-refractivity contribution < 1.29 is 20.3 Å². The Hall–Kier alpha value is -9.00. The van der Waals surface area contributed by atoms with Gasteiger partial charge in [0.1, 0.15) is 17.3 Å². The van der Waals surface area contributed by atoms with Crippen LogP contribution >= 0.6 is 0 Å². The summed E-state index contributed by atoms with van der Waals surface area (Å²) < 4.78 is 85.5. The molecule has 0 aliphatic heterocycles. The van der Waals surface area contributed by atoms with Crippen LogP contribution in [0.1, 0.15) is 43.2 Å². The molecule has 1 unspecified atom stereocenters. The van der Waals surface area contributed by atoms with Gasteiger partial charge in [0.05, 0.1) is 55.4 Å². The molecule has 13 rings (SSSR count). The second kappa shape index (κ2) is 17.2. The molecule has 0 N–H and O–H groups in total. The van der Waals surface area contributed by atoms with E-state index in [-0.39, 0.29) is 51.9 Å². The molecule has 0 spiro atoms. The molecule has 1 atom stereocenters. The first-order chi connectivity index (χ1) is 38.3. The minimum Gasteiger partial charge on any atom is -0.458 e. The smallest absolute Gasteiger partial charge is 0.269 e. The van der Waals surface area contributed by atoms with Crippen LogP contribution in [0.5, 0.6) is 11.5 Å². The summed E-state index contributed by atoms with van der Waals surface area (Å²) in [6.45, 7) is 6.60. The molecule has 0 fully saturated rings. The Kier molecular flexibility index (Phi) is 8.31. The molecule has 0 aliphatic carbocycles. The summed E-state index contributed by atoms with van der Waals surface area (Å²) in [5, 5.41) is 1.65. The number of rotatable bonds is 10. The summed E-state index contributed by atoms with van der Waals surface area (Å²) in [7, 11) is 0. The van der Waals surface area contributed by atoms with Crippen LogP contribution < -0.4 is 9.30 Å². The van der Waals surface area contributed by atoms with Crippen LogP contribution in [0.2, 0.25) is 0 Å². The van der Waals surface area contributed by atoms with Crippen molar-refractivity contribution in [1.82, 2.24) is 18.7 Å². The van der Waals surface area contributed by atoms with Crippen LogP contribution in [-0.2, 0) is 0 Å². The van der Waals surface area contributed by atoms with Crippen molar-refractivity contribution >= 4 is 54.6 Å². The van der Waals surface area contributed by atoms with Crippen molar-refractivity contribution in [1.29, 1.82) is 0 Å². The van der Waals surface area contributed by atoms with Crippen molar-refractivity contribution in [2.24, 2.45) is 5.92 Å². The first kappa shape index (κ1) is 34.3. The Labute approximate surface area is 423 Å². The maximum Gasteiger partial charge on any atom is 0.269 e. The van der Waals surface area contributed by atoms with Crippen LogP contribution in [0.4, 0.5) is 0 Å². The van der Waals surface area contributed by atoms with Gasteiger partial charge in [-0.05, 0) is 112 Å². The number of nitrogens with zero attached hydrogens (tertiary/aromatic N) is 5. The number of hydrogen-bond acceptors (Lipinski definition) is 2. The SMILES string of the molecule is [2H]c1c([2H])c([2H])c2c(c1[2H])c1c([2H])c([2H])c([2H])c([2H])c1n2-c1ccc2c(c1)c1ccc(Oc3cccc(-n4[c-][n+](-c5c(-c6ccccc6)cccc5-c5ccccc5)c5ccccc54)c3)cc1n2-c1cc(C(C)C(C)C)ccn1. The van der Waals surface area contributed by atoms with E-state index in [9.17, 15) is 0 Å². The van der Waals surface area contributed by atoms with Gasteiger partial charge >= 0.3 is 0 Å². The molecule has 6 nitrogen and oxygen atoms in total. The molecule has 9 aromatic carbocycles. The summed E-state index contributed by atoms with van der Waals surface area (Å²) in [4.78, 5) is 4.95. The monoisotopic (exact) mass is 923 g/mol. The highest BCUT2D eigenvalue weighted by Gasteiger charge is 2.22. The molecule has 0 saturated heterocycles.